The highest BCUT2D eigenvalue weighted by atomic mass is 32.1. The van der Waals surface area contributed by atoms with E-state index in [9.17, 15) is 0 Å². The molecule has 0 amide bonds. The Kier molecular flexibility index (Phi) is 1.38. The van der Waals surface area contributed by atoms with Crippen molar-refractivity contribution in [2.24, 2.45) is 0 Å². The molecule has 2 aliphatic rings. The van der Waals surface area contributed by atoms with Gasteiger partial charge in [0.25, 0.3) is 0 Å². The van der Waals surface area contributed by atoms with Gasteiger partial charge in [0.2, 0.25) is 0 Å². The summed E-state index contributed by atoms with van der Waals surface area (Å²) in [6.07, 6.45) is 4.28. The minimum Gasteiger partial charge on any atom is -0.456 e. The minimum atomic E-state index is 0.999. The largest absolute Gasteiger partial charge is 0.456 e. The molecule has 0 radical (unpaired) electrons. The van der Waals surface area contributed by atoms with E-state index in [2.05, 4.69) is 35.0 Å². The Morgan fingerprint density at radius 1 is 0.800 bits per heavy atom. The monoisotopic (exact) mass is 230 g/mol. The van der Waals surface area contributed by atoms with E-state index in [1.54, 1.807) is 22.7 Å². The van der Waals surface area contributed by atoms with E-state index < -0.39 is 0 Å². The number of fused-ring (bicyclic) bond motifs is 4. The number of ether oxygens (including phenoxy) is 1. The van der Waals surface area contributed by atoms with Crippen molar-refractivity contribution in [2.75, 3.05) is 0 Å². The molecular weight excluding hydrogens is 224 g/mol. The maximum absolute atomic E-state index is 5.83. The van der Waals surface area contributed by atoms with E-state index in [1.165, 1.54) is 19.5 Å². The fourth-order valence-electron chi connectivity index (χ4n) is 1.95. The average Bonchev–Trinajstić information content (AvgIpc) is 2.84. The van der Waals surface area contributed by atoms with Crippen LogP contribution in [0, 0.1) is 0 Å². The first-order valence-corrected chi connectivity index (χ1v) is 6.45. The topological polar surface area (TPSA) is 9.23 Å². The molecule has 2 aromatic rings. The normalized spacial score (nSPS) is 16.0. The Morgan fingerprint density at radius 3 is 1.87 bits per heavy atom. The predicted octanol–water partition coefficient (Wildman–Crippen LogP) is 0.331. The van der Waals surface area contributed by atoms with Crippen LogP contribution < -0.4 is 19.5 Å². The van der Waals surface area contributed by atoms with Gasteiger partial charge in [-0.2, -0.15) is 0 Å². The number of rotatable bonds is 0. The molecule has 2 aliphatic heterocycles. The van der Waals surface area contributed by atoms with Gasteiger partial charge in [0, 0.05) is 19.5 Å². The Bertz CT molecular complexity index is 721. The van der Waals surface area contributed by atoms with Crippen molar-refractivity contribution < 1.29 is 4.74 Å². The van der Waals surface area contributed by atoms with Crippen LogP contribution in [0.3, 0.4) is 0 Å². The molecule has 0 unspecified atom stereocenters. The van der Waals surface area contributed by atoms with Crippen LogP contribution in [0.4, 0.5) is 0 Å². The van der Waals surface area contributed by atoms with Crippen molar-refractivity contribution in [1.29, 1.82) is 0 Å². The molecule has 0 saturated carbocycles. The van der Waals surface area contributed by atoms with Gasteiger partial charge >= 0.3 is 0 Å². The summed E-state index contributed by atoms with van der Waals surface area (Å²) >= 11 is 3.53. The third-order valence-corrected chi connectivity index (χ3v) is 4.39. The quantitative estimate of drug-likeness (QED) is 0.634. The highest BCUT2D eigenvalue weighted by Crippen LogP contribution is 2.15. The average molecular weight is 230 g/mol. The van der Waals surface area contributed by atoms with Gasteiger partial charge in [0.15, 0.2) is 0 Å². The first-order valence-electron chi connectivity index (χ1n) is 4.69. The molecule has 72 valence electrons. The van der Waals surface area contributed by atoms with Crippen molar-refractivity contribution in [3.63, 3.8) is 0 Å². The summed E-state index contributed by atoms with van der Waals surface area (Å²) < 4.78 is 8.44. The van der Waals surface area contributed by atoms with Crippen LogP contribution in [0.15, 0.2) is 22.9 Å². The van der Waals surface area contributed by atoms with Crippen LogP contribution in [0.25, 0.3) is 23.7 Å². The summed E-state index contributed by atoms with van der Waals surface area (Å²) in [4.78, 5) is 0. The van der Waals surface area contributed by atoms with Gasteiger partial charge in [-0.15, -0.1) is 22.7 Å². The SMILES string of the molecule is C1=c2sccc2=C2C=c3sccc3=C1O2. The maximum Gasteiger partial charge on any atom is 0.137 e. The molecule has 0 fully saturated rings. The highest BCUT2D eigenvalue weighted by molar-refractivity contribution is 7.08. The zero-order valence-corrected chi connectivity index (χ0v) is 9.32. The molecule has 2 bridgehead atoms. The van der Waals surface area contributed by atoms with E-state index in [4.69, 9.17) is 4.74 Å². The van der Waals surface area contributed by atoms with Gasteiger partial charge in [0.05, 0.1) is 0 Å². The zero-order valence-electron chi connectivity index (χ0n) is 7.69. The van der Waals surface area contributed by atoms with Crippen LogP contribution >= 0.6 is 22.7 Å². The summed E-state index contributed by atoms with van der Waals surface area (Å²) in [5.41, 5.74) is 0. The fourth-order valence-corrected chi connectivity index (χ4v) is 3.60. The molecule has 3 heteroatoms. The molecule has 2 aromatic heterocycles. The molecule has 1 nitrogen and oxygen atoms in total. The van der Waals surface area contributed by atoms with Gasteiger partial charge in [-0.3, -0.25) is 0 Å². The number of hydrogen-bond acceptors (Lipinski definition) is 3. The van der Waals surface area contributed by atoms with E-state index in [1.807, 2.05) is 0 Å². The molecule has 0 aromatic carbocycles. The molecular formula is C12H6OS2. The van der Waals surface area contributed by atoms with Crippen molar-refractivity contribution in [1.82, 2.24) is 0 Å². The molecule has 4 rings (SSSR count). The third-order valence-electron chi connectivity index (χ3n) is 2.67. The van der Waals surface area contributed by atoms with Crippen LogP contribution in [0.5, 0.6) is 0 Å². The first kappa shape index (κ1) is 7.91. The van der Waals surface area contributed by atoms with Gasteiger partial charge in [0.1, 0.15) is 11.5 Å². The van der Waals surface area contributed by atoms with E-state index in [-0.39, 0.29) is 0 Å². The second-order valence-electron chi connectivity index (χ2n) is 3.52. The molecule has 0 aliphatic carbocycles. The molecule has 15 heavy (non-hydrogen) atoms. The molecule has 0 saturated heterocycles. The van der Waals surface area contributed by atoms with Gasteiger partial charge in [-0.1, -0.05) is 0 Å². The van der Waals surface area contributed by atoms with Crippen molar-refractivity contribution >= 4 is 46.3 Å². The summed E-state index contributed by atoms with van der Waals surface area (Å²) in [5, 5.41) is 6.67. The van der Waals surface area contributed by atoms with E-state index in [0.29, 0.717) is 0 Å². The second-order valence-corrected chi connectivity index (χ2v) is 5.41. The second kappa shape index (κ2) is 2.62. The lowest BCUT2D eigenvalue weighted by Crippen LogP contribution is -2.34. The van der Waals surface area contributed by atoms with Crippen LogP contribution in [-0.2, 0) is 4.74 Å². The lowest BCUT2D eigenvalue weighted by Gasteiger charge is -2.13. The Balaban J connectivity index is 2.37. The predicted molar refractivity (Wildman–Crippen MR) is 64.0 cm³/mol. The van der Waals surface area contributed by atoms with Crippen LogP contribution in [0.2, 0.25) is 0 Å². The Hall–Kier alpha value is -1.32. The van der Waals surface area contributed by atoms with Crippen molar-refractivity contribution in [3.8, 4) is 0 Å². The van der Waals surface area contributed by atoms with E-state index >= 15 is 0 Å². The Labute approximate surface area is 93.6 Å². The smallest absolute Gasteiger partial charge is 0.137 e. The van der Waals surface area contributed by atoms with Crippen LogP contribution in [0.1, 0.15) is 0 Å². The molecule has 0 atom stereocenters. The maximum atomic E-state index is 5.83. The molecule has 0 spiro atoms. The first-order chi connectivity index (χ1) is 7.42. The highest BCUT2D eigenvalue weighted by Gasteiger charge is 2.14. The zero-order chi connectivity index (χ0) is 9.83. The van der Waals surface area contributed by atoms with Crippen LogP contribution in [-0.4, -0.2) is 0 Å². The van der Waals surface area contributed by atoms with Gasteiger partial charge in [-0.05, 0) is 35.0 Å². The third kappa shape index (κ3) is 0.967. The Morgan fingerprint density at radius 2 is 1.33 bits per heavy atom. The van der Waals surface area contributed by atoms with Gasteiger partial charge < -0.3 is 4.74 Å². The fraction of sp³-hybridized carbons (Fsp3) is 0. The van der Waals surface area contributed by atoms with E-state index in [0.717, 1.165) is 11.5 Å². The summed E-state index contributed by atoms with van der Waals surface area (Å²) in [7, 11) is 0. The molecule has 4 heterocycles. The summed E-state index contributed by atoms with van der Waals surface area (Å²) in [6, 6.07) is 4.25. The number of hydrogen-bond donors (Lipinski definition) is 0. The summed E-state index contributed by atoms with van der Waals surface area (Å²) in [6.45, 7) is 0. The lowest BCUT2D eigenvalue weighted by molar-refractivity contribution is 0.476. The number of thiophene rings is 2. The summed E-state index contributed by atoms with van der Waals surface area (Å²) in [5.74, 6) is 2.00. The van der Waals surface area contributed by atoms with Gasteiger partial charge in [-0.25, -0.2) is 0 Å². The molecule has 0 N–H and O–H groups in total. The van der Waals surface area contributed by atoms with Crippen molar-refractivity contribution in [2.45, 2.75) is 0 Å². The lowest BCUT2D eigenvalue weighted by atomic mass is 10.2. The van der Waals surface area contributed by atoms with Crippen molar-refractivity contribution in [3.05, 3.63) is 42.4 Å². The standard InChI is InChI=1S/C12H6OS2/c1-3-14-11-6-10-8-2-4-15-12(8)5-9(13-10)7(1)11/h1-6H. The minimum absolute atomic E-state index is 0.999.